The summed E-state index contributed by atoms with van der Waals surface area (Å²) in [6.45, 7) is 1.96. The second kappa shape index (κ2) is 5.13. The van der Waals surface area contributed by atoms with Gasteiger partial charge in [0, 0.05) is 11.3 Å². The first-order chi connectivity index (χ1) is 9.25. The standard InChI is InChI=1S/C15H16N2OS/c1-11-10-19-15(16-11)17(13-8-3-2-4-9-13)14(18)12-6-5-7-12/h2-4,8-10,12H,5-7H2,1H3. The Kier molecular flexibility index (Phi) is 3.34. The van der Waals surface area contributed by atoms with E-state index < -0.39 is 0 Å². The number of benzene rings is 1. The van der Waals surface area contributed by atoms with Gasteiger partial charge in [0.25, 0.3) is 0 Å². The number of aryl methyl sites for hydroxylation is 1. The minimum atomic E-state index is 0.171. The molecule has 19 heavy (non-hydrogen) atoms. The smallest absolute Gasteiger partial charge is 0.236 e. The zero-order valence-corrected chi connectivity index (χ0v) is 11.7. The van der Waals surface area contributed by atoms with Crippen molar-refractivity contribution in [2.75, 3.05) is 4.90 Å². The second-order valence-electron chi connectivity index (χ2n) is 4.91. The summed E-state index contributed by atoms with van der Waals surface area (Å²) in [7, 11) is 0. The lowest BCUT2D eigenvalue weighted by Crippen LogP contribution is -2.35. The fraction of sp³-hybridized carbons (Fsp3) is 0.333. The molecule has 1 aromatic carbocycles. The Bertz CT molecular complexity index is 575. The molecule has 1 fully saturated rings. The lowest BCUT2D eigenvalue weighted by molar-refractivity contribution is -0.123. The van der Waals surface area contributed by atoms with Crippen molar-refractivity contribution < 1.29 is 4.79 Å². The Morgan fingerprint density at radius 2 is 2.05 bits per heavy atom. The fourth-order valence-corrected chi connectivity index (χ4v) is 3.02. The van der Waals surface area contributed by atoms with E-state index in [-0.39, 0.29) is 11.8 Å². The molecule has 0 atom stereocenters. The van der Waals surface area contributed by atoms with Crippen molar-refractivity contribution in [3.8, 4) is 0 Å². The number of para-hydroxylation sites is 1. The van der Waals surface area contributed by atoms with Gasteiger partial charge in [0.2, 0.25) is 5.91 Å². The Morgan fingerprint density at radius 3 is 2.58 bits per heavy atom. The third-order valence-corrected chi connectivity index (χ3v) is 4.43. The van der Waals surface area contributed by atoms with Crippen LogP contribution in [-0.2, 0) is 4.79 Å². The molecule has 0 spiro atoms. The monoisotopic (exact) mass is 272 g/mol. The molecule has 1 saturated carbocycles. The molecule has 0 bridgehead atoms. The van der Waals surface area contributed by atoms with Crippen molar-refractivity contribution in [3.63, 3.8) is 0 Å². The molecular formula is C15H16N2OS. The molecule has 0 radical (unpaired) electrons. The molecule has 4 heteroatoms. The lowest BCUT2D eigenvalue weighted by Gasteiger charge is -2.30. The van der Waals surface area contributed by atoms with E-state index in [1.807, 2.05) is 42.6 Å². The molecule has 1 heterocycles. The molecule has 3 rings (SSSR count). The van der Waals surface area contributed by atoms with Gasteiger partial charge in [0.05, 0.1) is 11.4 Å². The van der Waals surface area contributed by atoms with Gasteiger partial charge in [-0.1, -0.05) is 24.6 Å². The van der Waals surface area contributed by atoms with E-state index in [0.29, 0.717) is 0 Å². The molecule has 3 nitrogen and oxygen atoms in total. The van der Waals surface area contributed by atoms with Crippen LogP contribution in [0.3, 0.4) is 0 Å². The van der Waals surface area contributed by atoms with Crippen LogP contribution in [0, 0.1) is 12.8 Å². The molecule has 98 valence electrons. The highest BCUT2D eigenvalue weighted by atomic mass is 32.1. The second-order valence-corrected chi connectivity index (χ2v) is 5.75. The van der Waals surface area contributed by atoms with Crippen LogP contribution in [-0.4, -0.2) is 10.9 Å². The summed E-state index contributed by atoms with van der Waals surface area (Å²) in [5.41, 5.74) is 1.87. The summed E-state index contributed by atoms with van der Waals surface area (Å²) in [5.74, 6) is 0.358. The molecule has 0 N–H and O–H groups in total. The Hall–Kier alpha value is -1.68. The Balaban J connectivity index is 1.97. The first-order valence-electron chi connectivity index (χ1n) is 6.57. The zero-order chi connectivity index (χ0) is 13.2. The van der Waals surface area contributed by atoms with Crippen molar-refractivity contribution in [2.24, 2.45) is 5.92 Å². The minimum Gasteiger partial charge on any atom is -0.274 e. The molecule has 0 aliphatic heterocycles. The van der Waals surface area contributed by atoms with Crippen LogP contribution in [0.4, 0.5) is 10.8 Å². The van der Waals surface area contributed by atoms with Gasteiger partial charge in [-0.15, -0.1) is 11.3 Å². The number of thiazole rings is 1. The van der Waals surface area contributed by atoms with Crippen LogP contribution in [0.15, 0.2) is 35.7 Å². The molecule has 1 amide bonds. The maximum atomic E-state index is 12.6. The number of hydrogen-bond acceptors (Lipinski definition) is 3. The van der Waals surface area contributed by atoms with Crippen LogP contribution in [0.25, 0.3) is 0 Å². The number of anilines is 2. The number of aromatic nitrogens is 1. The highest BCUT2D eigenvalue weighted by molar-refractivity contribution is 7.14. The normalized spacial score (nSPS) is 15.0. The average molecular weight is 272 g/mol. The number of carbonyl (C=O) groups is 1. The number of hydrogen-bond donors (Lipinski definition) is 0. The summed E-state index contributed by atoms with van der Waals surface area (Å²) >= 11 is 1.53. The number of carbonyl (C=O) groups excluding carboxylic acids is 1. The van der Waals surface area contributed by atoms with Crippen LogP contribution < -0.4 is 4.90 Å². The van der Waals surface area contributed by atoms with Gasteiger partial charge < -0.3 is 0 Å². The predicted octanol–water partition coefficient (Wildman–Crippen LogP) is 3.92. The SMILES string of the molecule is Cc1csc(N(C(=O)C2CCC2)c2ccccc2)n1. The topological polar surface area (TPSA) is 33.2 Å². The van der Waals surface area contributed by atoms with Crippen LogP contribution in [0.1, 0.15) is 25.0 Å². The third kappa shape index (κ3) is 2.40. The Labute approximate surface area is 116 Å². The van der Waals surface area contributed by atoms with Gasteiger partial charge in [0.1, 0.15) is 0 Å². The van der Waals surface area contributed by atoms with E-state index in [9.17, 15) is 4.79 Å². The quantitative estimate of drug-likeness (QED) is 0.848. The summed E-state index contributed by atoms with van der Waals surface area (Å²) in [4.78, 5) is 18.9. The van der Waals surface area contributed by atoms with Crippen LogP contribution in [0.2, 0.25) is 0 Å². The van der Waals surface area contributed by atoms with Gasteiger partial charge in [-0.25, -0.2) is 4.98 Å². The summed E-state index contributed by atoms with van der Waals surface area (Å²) in [5, 5.41) is 2.76. The molecule has 0 saturated heterocycles. The molecule has 0 unspecified atom stereocenters. The maximum absolute atomic E-state index is 12.6. The van der Waals surface area contributed by atoms with Gasteiger partial charge in [-0.2, -0.15) is 0 Å². The Morgan fingerprint density at radius 1 is 1.32 bits per heavy atom. The van der Waals surface area contributed by atoms with E-state index in [4.69, 9.17) is 0 Å². The van der Waals surface area contributed by atoms with Crippen LogP contribution in [0.5, 0.6) is 0 Å². The predicted molar refractivity (Wildman–Crippen MR) is 77.8 cm³/mol. The number of rotatable bonds is 3. The van der Waals surface area contributed by atoms with E-state index in [1.54, 1.807) is 4.90 Å². The highest BCUT2D eigenvalue weighted by Gasteiger charge is 2.32. The molecule has 1 aliphatic carbocycles. The van der Waals surface area contributed by atoms with Crippen LogP contribution >= 0.6 is 11.3 Å². The first-order valence-corrected chi connectivity index (χ1v) is 7.45. The van der Waals surface area contributed by atoms with Gasteiger partial charge in [-0.3, -0.25) is 9.69 Å². The van der Waals surface area contributed by atoms with Crippen molar-refractivity contribution in [1.82, 2.24) is 4.98 Å². The van der Waals surface area contributed by atoms with Crippen molar-refractivity contribution >= 4 is 28.1 Å². The van der Waals surface area contributed by atoms with Gasteiger partial charge in [0.15, 0.2) is 5.13 Å². The molecule has 2 aromatic rings. The fourth-order valence-electron chi connectivity index (χ4n) is 2.19. The summed E-state index contributed by atoms with van der Waals surface area (Å²) in [6.07, 6.45) is 3.18. The zero-order valence-electron chi connectivity index (χ0n) is 10.9. The van der Waals surface area contributed by atoms with Crippen molar-refractivity contribution in [3.05, 3.63) is 41.4 Å². The van der Waals surface area contributed by atoms with E-state index in [1.165, 1.54) is 11.3 Å². The number of nitrogens with zero attached hydrogens (tertiary/aromatic N) is 2. The van der Waals surface area contributed by atoms with Crippen molar-refractivity contribution in [2.45, 2.75) is 26.2 Å². The summed E-state index contributed by atoms with van der Waals surface area (Å²) < 4.78 is 0. The summed E-state index contributed by atoms with van der Waals surface area (Å²) in [6, 6.07) is 9.80. The van der Waals surface area contributed by atoms with Gasteiger partial charge >= 0.3 is 0 Å². The highest BCUT2D eigenvalue weighted by Crippen LogP contribution is 2.35. The minimum absolute atomic E-state index is 0.171. The molecular weight excluding hydrogens is 256 g/mol. The first kappa shape index (κ1) is 12.4. The van der Waals surface area contributed by atoms with E-state index >= 15 is 0 Å². The van der Waals surface area contributed by atoms with E-state index in [0.717, 1.165) is 35.8 Å². The lowest BCUT2D eigenvalue weighted by atomic mass is 9.84. The van der Waals surface area contributed by atoms with Crippen molar-refractivity contribution in [1.29, 1.82) is 0 Å². The maximum Gasteiger partial charge on any atom is 0.236 e. The largest absolute Gasteiger partial charge is 0.274 e. The third-order valence-electron chi connectivity index (χ3n) is 3.49. The molecule has 1 aliphatic rings. The average Bonchev–Trinajstić information content (AvgIpc) is 2.75. The van der Waals surface area contributed by atoms with E-state index in [2.05, 4.69) is 4.98 Å². The number of amides is 1. The van der Waals surface area contributed by atoms with Gasteiger partial charge in [-0.05, 0) is 31.9 Å². The molecule has 1 aromatic heterocycles.